The Hall–Kier alpha value is -2.58. The van der Waals surface area contributed by atoms with Crippen LogP contribution < -0.4 is 14.5 Å². The number of nitrogens with one attached hydrogen (secondary N) is 1. The molecule has 0 bridgehead atoms. The van der Waals surface area contributed by atoms with Crippen LogP contribution >= 0.6 is 0 Å². The number of rotatable bonds is 5. The third-order valence-electron chi connectivity index (χ3n) is 5.28. The number of piperidine rings is 1. The van der Waals surface area contributed by atoms with Gasteiger partial charge in [0.1, 0.15) is 0 Å². The molecule has 154 valence electrons. The summed E-state index contributed by atoms with van der Waals surface area (Å²) in [7, 11) is -3.75. The van der Waals surface area contributed by atoms with Gasteiger partial charge in [0, 0.05) is 31.7 Å². The summed E-state index contributed by atoms with van der Waals surface area (Å²) in [4.78, 5) is 16.1. The van der Waals surface area contributed by atoms with Crippen LogP contribution in [-0.4, -0.2) is 47.2 Å². The molecule has 2 heterocycles. The van der Waals surface area contributed by atoms with Gasteiger partial charge in [-0.1, -0.05) is 12.1 Å². The third kappa shape index (κ3) is 4.38. The molecule has 1 N–H and O–H groups in total. The highest BCUT2D eigenvalue weighted by Crippen LogP contribution is 2.29. The maximum absolute atomic E-state index is 13.0. The van der Waals surface area contributed by atoms with Crippen molar-refractivity contribution in [1.82, 2.24) is 0 Å². The number of hydrogen-bond acceptors (Lipinski definition) is 5. The zero-order chi connectivity index (χ0) is 20.3. The van der Waals surface area contributed by atoms with E-state index in [4.69, 9.17) is 4.74 Å². The molecule has 2 aromatic rings. The van der Waals surface area contributed by atoms with Crippen LogP contribution in [0.1, 0.15) is 19.3 Å². The second-order valence-electron chi connectivity index (χ2n) is 7.22. The average molecular weight is 416 g/mol. The zero-order valence-electron chi connectivity index (χ0n) is 16.2. The molecule has 0 saturated carbocycles. The number of carbonyl (C=O) groups excluding carboxylic acids is 1. The van der Waals surface area contributed by atoms with Gasteiger partial charge in [-0.25, -0.2) is 8.42 Å². The molecule has 2 fully saturated rings. The second-order valence-corrected chi connectivity index (χ2v) is 8.90. The lowest BCUT2D eigenvalue weighted by atomic mass is 10.1. The van der Waals surface area contributed by atoms with Crippen LogP contribution in [-0.2, 0) is 19.6 Å². The minimum Gasteiger partial charge on any atom is -0.378 e. The largest absolute Gasteiger partial charge is 0.378 e. The van der Waals surface area contributed by atoms with Gasteiger partial charge in [-0.3, -0.25) is 9.52 Å². The van der Waals surface area contributed by atoms with Gasteiger partial charge in [-0.15, -0.1) is 0 Å². The molecular formula is C21H25N3O4S. The smallest absolute Gasteiger partial charge is 0.261 e. The highest BCUT2D eigenvalue weighted by molar-refractivity contribution is 7.92. The molecule has 2 saturated heterocycles. The number of sulfonamides is 1. The summed E-state index contributed by atoms with van der Waals surface area (Å²) in [6, 6.07) is 13.9. The van der Waals surface area contributed by atoms with E-state index in [0.29, 0.717) is 31.9 Å². The Bertz CT molecular complexity index is 970. The minimum absolute atomic E-state index is 0.0874. The number of para-hydroxylation sites is 2. The molecule has 0 atom stereocenters. The number of benzene rings is 2. The summed E-state index contributed by atoms with van der Waals surface area (Å²) in [5.74, 6) is 0.0874. The summed E-state index contributed by atoms with van der Waals surface area (Å²) >= 11 is 0. The predicted molar refractivity (Wildman–Crippen MR) is 113 cm³/mol. The molecule has 0 aromatic heterocycles. The molecule has 8 heteroatoms. The van der Waals surface area contributed by atoms with Crippen LogP contribution in [0.3, 0.4) is 0 Å². The molecule has 0 unspecified atom stereocenters. The van der Waals surface area contributed by atoms with Crippen LogP contribution in [0.2, 0.25) is 0 Å². The molecule has 2 aliphatic rings. The van der Waals surface area contributed by atoms with Crippen LogP contribution in [0.25, 0.3) is 0 Å². The Kier molecular flexibility index (Phi) is 5.73. The topological polar surface area (TPSA) is 79.0 Å². The lowest BCUT2D eigenvalue weighted by molar-refractivity contribution is -0.119. The Labute approximate surface area is 171 Å². The number of anilines is 3. The van der Waals surface area contributed by atoms with Gasteiger partial charge in [0.15, 0.2) is 0 Å². The summed E-state index contributed by atoms with van der Waals surface area (Å²) in [5, 5.41) is 0. The van der Waals surface area contributed by atoms with Crippen LogP contribution in [0.15, 0.2) is 53.4 Å². The monoisotopic (exact) mass is 415 g/mol. The van der Waals surface area contributed by atoms with Gasteiger partial charge in [0.2, 0.25) is 5.91 Å². The highest BCUT2D eigenvalue weighted by atomic mass is 32.2. The molecule has 0 spiro atoms. The van der Waals surface area contributed by atoms with E-state index in [9.17, 15) is 13.2 Å². The van der Waals surface area contributed by atoms with Crippen LogP contribution in [0, 0.1) is 0 Å². The van der Waals surface area contributed by atoms with Crippen molar-refractivity contribution in [2.75, 3.05) is 47.4 Å². The lowest BCUT2D eigenvalue weighted by Crippen LogP contribution is -2.36. The maximum Gasteiger partial charge on any atom is 0.261 e. The second kappa shape index (κ2) is 8.42. The van der Waals surface area contributed by atoms with Crippen molar-refractivity contribution in [3.8, 4) is 0 Å². The molecule has 4 rings (SSSR count). The van der Waals surface area contributed by atoms with Crippen LogP contribution in [0.5, 0.6) is 0 Å². The van der Waals surface area contributed by atoms with E-state index < -0.39 is 10.0 Å². The normalized spacial score (nSPS) is 18.0. The lowest BCUT2D eigenvalue weighted by Gasteiger charge is -2.30. The number of amides is 1. The van der Waals surface area contributed by atoms with Crippen molar-refractivity contribution < 1.29 is 17.9 Å². The van der Waals surface area contributed by atoms with Gasteiger partial charge in [-0.05, 0) is 49.2 Å². The number of nitrogens with zero attached hydrogens (tertiary/aromatic N) is 2. The zero-order valence-corrected chi connectivity index (χ0v) is 17.0. The van der Waals surface area contributed by atoms with Crippen molar-refractivity contribution in [2.45, 2.75) is 24.2 Å². The summed E-state index contributed by atoms with van der Waals surface area (Å²) < 4.78 is 34.0. The van der Waals surface area contributed by atoms with E-state index in [1.165, 1.54) is 0 Å². The molecule has 0 aliphatic carbocycles. The quantitative estimate of drug-likeness (QED) is 0.812. The Morgan fingerprint density at radius 2 is 1.62 bits per heavy atom. The van der Waals surface area contributed by atoms with E-state index >= 15 is 0 Å². The van der Waals surface area contributed by atoms with Crippen molar-refractivity contribution in [3.63, 3.8) is 0 Å². The molecule has 0 radical (unpaired) electrons. The molecule has 7 nitrogen and oxygen atoms in total. The standard InChI is InChI=1S/C21H25N3O4S/c25-21-7-3-4-12-24(21)17-8-10-18(11-9-17)29(26,27)22-19-5-1-2-6-20(19)23-13-15-28-16-14-23/h1-2,5-6,8-11,22H,3-4,7,12-16H2. The molecule has 29 heavy (non-hydrogen) atoms. The van der Waals surface area contributed by atoms with Gasteiger partial charge in [0.25, 0.3) is 10.0 Å². The number of morpholine rings is 1. The van der Waals surface area contributed by atoms with Gasteiger partial charge >= 0.3 is 0 Å². The third-order valence-corrected chi connectivity index (χ3v) is 6.66. The van der Waals surface area contributed by atoms with Crippen molar-refractivity contribution in [2.24, 2.45) is 0 Å². The number of hydrogen-bond donors (Lipinski definition) is 1. The average Bonchev–Trinajstić information content (AvgIpc) is 2.75. The number of carbonyl (C=O) groups is 1. The first kappa shape index (κ1) is 19.7. The fraction of sp³-hybridized carbons (Fsp3) is 0.381. The molecule has 2 aromatic carbocycles. The van der Waals surface area contributed by atoms with Gasteiger partial charge < -0.3 is 14.5 Å². The van der Waals surface area contributed by atoms with E-state index in [2.05, 4.69) is 9.62 Å². The van der Waals surface area contributed by atoms with E-state index in [-0.39, 0.29) is 10.8 Å². The fourth-order valence-corrected chi connectivity index (χ4v) is 4.80. The Morgan fingerprint density at radius 3 is 2.34 bits per heavy atom. The summed E-state index contributed by atoms with van der Waals surface area (Å²) in [5.41, 5.74) is 2.13. The van der Waals surface area contributed by atoms with E-state index in [1.807, 2.05) is 18.2 Å². The Balaban J connectivity index is 1.54. The van der Waals surface area contributed by atoms with Gasteiger partial charge in [0.05, 0.1) is 29.5 Å². The van der Waals surface area contributed by atoms with E-state index in [1.54, 1.807) is 35.2 Å². The first-order valence-corrected chi connectivity index (χ1v) is 11.4. The minimum atomic E-state index is -3.75. The fourth-order valence-electron chi connectivity index (χ4n) is 3.73. The summed E-state index contributed by atoms with van der Waals surface area (Å²) in [6.45, 7) is 3.36. The molecule has 1 amide bonds. The SMILES string of the molecule is O=C1CCCCN1c1ccc(S(=O)(=O)Nc2ccccc2N2CCOCC2)cc1. The number of ether oxygens (including phenoxy) is 1. The Morgan fingerprint density at radius 1 is 0.897 bits per heavy atom. The predicted octanol–water partition coefficient (Wildman–Crippen LogP) is 2.84. The van der Waals surface area contributed by atoms with Crippen molar-refractivity contribution >= 4 is 33.0 Å². The first-order valence-electron chi connectivity index (χ1n) is 9.89. The van der Waals surface area contributed by atoms with Gasteiger partial charge in [-0.2, -0.15) is 0 Å². The summed E-state index contributed by atoms with van der Waals surface area (Å²) in [6.07, 6.45) is 2.42. The van der Waals surface area contributed by atoms with Crippen molar-refractivity contribution in [1.29, 1.82) is 0 Å². The van der Waals surface area contributed by atoms with Crippen LogP contribution in [0.4, 0.5) is 17.1 Å². The first-order chi connectivity index (χ1) is 14.0. The molecular weight excluding hydrogens is 390 g/mol. The van der Waals surface area contributed by atoms with Crippen molar-refractivity contribution in [3.05, 3.63) is 48.5 Å². The maximum atomic E-state index is 13.0. The molecule has 2 aliphatic heterocycles. The van der Waals surface area contributed by atoms with E-state index in [0.717, 1.165) is 37.3 Å². The highest BCUT2D eigenvalue weighted by Gasteiger charge is 2.22.